The van der Waals surface area contributed by atoms with E-state index in [1.54, 1.807) is 38.4 Å². The molecule has 2 rings (SSSR count). The molecular formula is C17H19Cl2N4O2P2S2+. The average molecular weight is 508 g/mol. The summed E-state index contributed by atoms with van der Waals surface area (Å²) < 4.78 is 13.9. The van der Waals surface area contributed by atoms with Crippen molar-refractivity contribution >= 4 is 70.5 Å². The zero-order valence-corrected chi connectivity index (χ0v) is 20.8. The third kappa shape index (κ3) is 8.17. The molecule has 154 valence electrons. The summed E-state index contributed by atoms with van der Waals surface area (Å²) in [7, 11) is 3.68. The Morgan fingerprint density at radius 1 is 0.931 bits per heavy atom. The number of methoxy groups -OCH3 is 1. The molecule has 12 heteroatoms. The Morgan fingerprint density at radius 2 is 1.41 bits per heavy atom. The second-order valence-electron chi connectivity index (χ2n) is 5.57. The predicted octanol–water partition coefficient (Wildman–Crippen LogP) is 5.78. The van der Waals surface area contributed by atoms with E-state index in [0.717, 1.165) is 16.9 Å². The van der Waals surface area contributed by atoms with Gasteiger partial charge in [0.05, 0.1) is 26.6 Å². The minimum atomic E-state index is -2.61. The van der Waals surface area contributed by atoms with Gasteiger partial charge in [0.15, 0.2) is 5.75 Å². The van der Waals surface area contributed by atoms with Crippen LogP contribution in [-0.4, -0.2) is 43.2 Å². The van der Waals surface area contributed by atoms with Crippen molar-refractivity contribution in [2.45, 2.75) is 0 Å². The van der Waals surface area contributed by atoms with E-state index in [1.165, 1.54) is 4.78 Å². The Bertz CT molecular complexity index is 937. The second-order valence-corrected chi connectivity index (χ2v) is 15.4. The first-order valence-electron chi connectivity index (χ1n) is 8.13. The van der Waals surface area contributed by atoms with E-state index in [4.69, 9.17) is 55.4 Å². The summed E-state index contributed by atoms with van der Waals surface area (Å²) in [4.78, 5) is -2.61. The molecule has 0 N–H and O–H groups in total. The zero-order chi connectivity index (χ0) is 21.4. The van der Waals surface area contributed by atoms with Gasteiger partial charge in [0.2, 0.25) is 16.7 Å². The standard InChI is InChI=1S/C17H19Cl2N4O2P2S2/c1-22(20-12-14-4-8-16(24-3)9-5-14)26(28)25-17-10-6-15(7-11-17)13-21-23(2)27(18,19)29/h4-13H,1-3H3/q+1/b20-12-,21-13-. The second kappa shape index (κ2) is 11.2. The average Bonchev–Trinajstić information content (AvgIpc) is 2.70. The van der Waals surface area contributed by atoms with Crippen molar-refractivity contribution in [3.8, 4) is 11.5 Å². The Hall–Kier alpha value is -1.27. The summed E-state index contributed by atoms with van der Waals surface area (Å²) in [5.41, 5.74) is 1.78. The molecule has 0 radical (unpaired) electrons. The Balaban J connectivity index is 1.93. The van der Waals surface area contributed by atoms with Gasteiger partial charge < -0.3 is 4.74 Å². The lowest BCUT2D eigenvalue weighted by Crippen LogP contribution is -2.03. The highest BCUT2D eigenvalue weighted by molar-refractivity contribution is 8.37. The van der Waals surface area contributed by atoms with Crippen molar-refractivity contribution in [3.63, 3.8) is 0 Å². The van der Waals surface area contributed by atoms with Crippen LogP contribution in [-0.2, 0) is 23.6 Å². The van der Waals surface area contributed by atoms with Crippen LogP contribution in [0.3, 0.4) is 0 Å². The molecule has 0 spiro atoms. The van der Waals surface area contributed by atoms with Gasteiger partial charge in [-0.05, 0) is 93.9 Å². The molecule has 2 aromatic carbocycles. The van der Waals surface area contributed by atoms with Crippen molar-refractivity contribution < 1.29 is 9.26 Å². The maximum atomic E-state index is 5.89. The normalized spacial score (nSPS) is 12.2. The van der Waals surface area contributed by atoms with Crippen LogP contribution in [0.5, 0.6) is 11.5 Å². The third-order valence-electron chi connectivity index (χ3n) is 3.50. The molecule has 0 aliphatic rings. The summed E-state index contributed by atoms with van der Waals surface area (Å²) >= 11 is 22.2. The van der Waals surface area contributed by atoms with Gasteiger partial charge in [-0.2, -0.15) is 5.10 Å². The highest BCUT2D eigenvalue weighted by Crippen LogP contribution is 2.59. The molecule has 0 fully saturated rings. The van der Waals surface area contributed by atoms with Crippen molar-refractivity contribution in [1.82, 2.24) is 9.56 Å². The molecule has 0 amide bonds. The first kappa shape index (κ1) is 24.0. The fourth-order valence-electron chi connectivity index (χ4n) is 1.86. The summed E-state index contributed by atoms with van der Waals surface area (Å²) in [5.74, 6) is 1.43. The molecule has 0 aliphatic heterocycles. The maximum Gasteiger partial charge on any atom is 0.540 e. The first-order chi connectivity index (χ1) is 13.7. The summed E-state index contributed by atoms with van der Waals surface area (Å²) in [5, 5.41) is 8.49. The van der Waals surface area contributed by atoms with Crippen LogP contribution in [0.25, 0.3) is 0 Å². The monoisotopic (exact) mass is 507 g/mol. The largest absolute Gasteiger partial charge is 0.540 e. The van der Waals surface area contributed by atoms with Gasteiger partial charge in [0.25, 0.3) is 0 Å². The molecule has 0 saturated heterocycles. The van der Waals surface area contributed by atoms with Gasteiger partial charge in [0, 0.05) is 7.05 Å². The van der Waals surface area contributed by atoms with Crippen LogP contribution in [0.15, 0.2) is 58.7 Å². The van der Waals surface area contributed by atoms with Gasteiger partial charge in [-0.15, -0.1) is 5.10 Å². The van der Waals surface area contributed by atoms with Crippen LogP contribution in [0, 0.1) is 0 Å². The number of benzene rings is 2. The lowest BCUT2D eigenvalue weighted by Gasteiger charge is -2.15. The number of hydrazone groups is 2. The Labute approximate surface area is 191 Å². The van der Waals surface area contributed by atoms with Crippen LogP contribution >= 0.6 is 34.5 Å². The number of nitrogens with zero attached hydrogens (tertiary/aromatic N) is 4. The molecule has 29 heavy (non-hydrogen) atoms. The maximum absolute atomic E-state index is 5.89. The molecule has 0 aromatic heterocycles. The van der Waals surface area contributed by atoms with Crippen LogP contribution in [0.4, 0.5) is 0 Å². The first-order valence-corrected chi connectivity index (χ1v) is 14.9. The van der Waals surface area contributed by atoms with Gasteiger partial charge in [-0.25, -0.2) is 4.78 Å². The van der Waals surface area contributed by atoms with Gasteiger partial charge in [0.1, 0.15) is 5.75 Å². The van der Waals surface area contributed by atoms with E-state index in [-0.39, 0.29) is 0 Å². The van der Waals surface area contributed by atoms with Crippen molar-refractivity contribution in [2.24, 2.45) is 10.2 Å². The minimum absolute atomic E-state index is 0.642. The molecule has 0 bridgehead atoms. The Morgan fingerprint density at radius 3 is 1.90 bits per heavy atom. The summed E-state index contributed by atoms with van der Waals surface area (Å²) in [6.07, 6.45) is 3.34. The van der Waals surface area contributed by atoms with Crippen LogP contribution in [0.1, 0.15) is 11.1 Å². The lowest BCUT2D eigenvalue weighted by molar-refractivity contribution is 0.415. The van der Waals surface area contributed by atoms with Crippen LogP contribution in [0.2, 0.25) is 0 Å². The number of ether oxygens (including phenoxy) is 1. The third-order valence-corrected chi connectivity index (χ3v) is 8.18. The molecule has 1 unspecified atom stereocenters. The number of halogens is 2. The quantitative estimate of drug-likeness (QED) is 0.243. The van der Waals surface area contributed by atoms with E-state index < -0.39 is 12.0 Å². The fraction of sp³-hybridized carbons (Fsp3) is 0.176. The van der Waals surface area contributed by atoms with E-state index in [1.807, 2.05) is 48.5 Å². The van der Waals surface area contributed by atoms with Gasteiger partial charge in [-0.1, -0.05) is 4.78 Å². The lowest BCUT2D eigenvalue weighted by atomic mass is 10.2. The van der Waals surface area contributed by atoms with Crippen molar-refractivity contribution in [1.29, 1.82) is 0 Å². The molecule has 0 saturated carbocycles. The van der Waals surface area contributed by atoms with Crippen molar-refractivity contribution in [2.75, 3.05) is 21.2 Å². The number of rotatable bonds is 9. The number of hydrogen-bond donors (Lipinski definition) is 0. The topological polar surface area (TPSA) is 49.7 Å². The van der Waals surface area contributed by atoms with Gasteiger partial charge in [-0.3, -0.25) is 4.52 Å². The van der Waals surface area contributed by atoms with E-state index in [2.05, 4.69) is 10.2 Å². The van der Waals surface area contributed by atoms with Crippen molar-refractivity contribution in [3.05, 3.63) is 59.7 Å². The molecule has 6 nitrogen and oxygen atoms in total. The zero-order valence-electron chi connectivity index (χ0n) is 15.8. The summed E-state index contributed by atoms with van der Waals surface area (Å²) in [6, 6.07) is 14.9. The predicted molar refractivity (Wildman–Crippen MR) is 131 cm³/mol. The van der Waals surface area contributed by atoms with E-state index in [0.29, 0.717) is 5.75 Å². The SMILES string of the molecule is COc1ccc(/C=N\N(C)[P+](=S)Oc2ccc(/C=N\N(C)P(=S)(Cl)Cl)cc2)cc1. The molecule has 0 aliphatic carbocycles. The highest BCUT2D eigenvalue weighted by atomic mass is 35.9. The van der Waals surface area contributed by atoms with E-state index >= 15 is 0 Å². The molecule has 2 aromatic rings. The fourth-order valence-corrected chi connectivity index (χ4v) is 3.33. The van der Waals surface area contributed by atoms with Gasteiger partial charge >= 0.3 is 7.07 Å². The smallest absolute Gasteiger partial charge is 0.497 e. The summed E-state index contributed by atoms with van der Waals surface area (Å²) in [6.45, 7) is 0. The minimum Gasteiger partial charge on any atom is -0.497 e. The Kier molecular flexibility index (Phi) is 9.28. The molecule has 1 atom stereocenters. The molecule has 0 heterocycles. The van der Waals surface area contributed by atoms with E-state index in [9.17, 15) is 0 Å². The highest BCUT2D eigenvalue weighted by Gasteiger charge is 2.20. The van der Waals surface area contributed by atoms with Crippen LogP contribution < -0.4 is 9.26 Å². The molecular weight excluding hydrogens is 489 g/mol. The number of hydrogen-bond acceptors (Lipinski definition) is 6.